The lowest BCUT2D eigenvalue weighted by Gasteiger charge is -2.21. The molecule has 14 heavy (non-hydrogen) atoms. The Kier molecular flexibility index (Phi) is 1.82. The van der Waals surface area contributed by atoms with Gasteiger partial charge in [0.15, 0.2) is 5.82 Å². The minimum Gasteiger partial charge on any atom is -0.388 e. The van der Waals surface area contributed by atoms with Crippen LogP contribution in [0.25, 0.3) is 0 Å². The number of hydrogen-bond acceptors (Lipinski definition) is 3. The highest BCUT2D eigenvalue weighted by atomic mass is 19.4. The molecule has 0 radical (unpaired) electrons. The first-order chi connectivity index (χ1) is 6.51. The summed E-state index contributed by atoms with van der Waals surface area (Å²) in [5.41, 5.74) is -1.87. The van der Waals surface area contributed by atoms with E-state index >= 15 is 0 Å². The zero-order valence-electron chi connectivity index (χ0n) is 7.12. The molecule has 1 aromatic heterocycles. The molecule has 1 aliphatic rings. The number of aliphatic hydroxyl groups is 1. The molecule has 4 nitrogen and oxygen atoms in total. The summed E-state index contributed by atoms with van der Waals surface area (Å²) in [6.07, 6.45) is -3.23. The fraction of sp³-hybridized carbons (Fsp3) is 0.714. The number of aliphatic hydroxyl groups excluding tert-OH is 1. The molecule has 1 N–H and O–H groups in total. The van der Waals surface area contributed by atoms with Crippen LogP contribution in [0.15, 0.2) is 6.33 Å². The van der Waals surface area contributed by atoms with Gasteiger partial charge in [0, 0.05) is 0 Å². The highest BCUT2D eigenvalue weighted by Gasteiger charge is 2.65. The van der Waals surface area contributed by atoms with Crippen LogP contribution in [0.3, 0.4) is 0 Å². The van der Waals surface area contributed by atoms with Crippen molar-refractivity contribution in [3.8, 4) is 0 Å². The van der Waals surface area contributed by atoms with E-state index in [9.17, 15) is 13.2 Å². The van der Waals surface area contributed by atoms with E-state index in [0.29, 0.717) is 0 Å². The Balaban J connectivity index is 2.40. The van der Waals surface area contributed by atoms with Crippen molar-refractivity contribution in [1.29, 1.82) is 0 Å². The largest absolute Gasteiger partial charge is 0.412 e. The van der Waals surface area contributed by atoms with Gasteiger partial charge < -0.3 is 9.67 Å². The molecule has 1 saturated carbocycles. The summed E-state index contributed by atoms with van der Waals surface area (Å²) in [7, 11) is 0. The number of hydrogen-bond donors (Lipinski definition) is 1. The minimum absolute atomic E-state index is 0.0293. The van der Waals surface area contributed by atoms with Gasteiger partial charge >= 0.3 is 6.18 Å². The van der Waals surface area contributed by atoms with Crippen LogP contribution in [0.4, 0.5) is 13.2 Å². The standard InChI is InChI=1S/C7H8F3N3O/c8-7(9,10)6(1-2-6)13-4-11-12-5(13)3-14/h4,14H,1-3H2. The Morgan fingerprint density at radius 3 is 2.57 bits per heavy atom. The normalized spacial score (nSPS) is 19.7. The smallest absolute Gasteiger partial charge is 0.388 e. The van der Waals surface area contributed by atoms with Gasteiger partial charge in [-0.05, 0) is 12.8 Å². The lowest BCUT2D eigenvalue weighted by atomic mass is 10.2. The van der Waals surface area contributed by atoms with Crippen molar-refractivity contribution < 1.29 is 18.3 Å². The fourth-order valence-electron chi connectivity index (χ4n) is 1.50. The first-order valence-corrected chi connectivity index (χ1v) is 4.08. The molecule has 0 saturated heterocycles. The highest BCUT2D eigenvalue weighted by molar-refractivity contribution is 5.09. The molecular weight excluding hydrogens is 199 g/mol. The number of aromatic nitrogens is 3. The maximum absolute atomic E-state index is 12.6. The third-order valence-electron chi connectivity index (χ3n) is 2.47. The first-order valence-electron chi connectivity index (χ1n) is 4.08. The molecule has 0 aromatic carbocycles. The summed E-state index contributed by atoms with van der Waals surface area (Å²) in [6.45, 7) is -0.530. The van der Waals surface area contributed by atoms with Crippen LogP contribution in [0.1, 0.15) is 18.7 Å². The van der Waals surface area contributed by atoms with E-state index < -0.39 is 18.3 Å². The van der Waals surface area contributed by atoms with Crippen LogP contribution in [-0.4, -0.2) is 26.0 Å². The number of rotatable bonds is 2. The van der Waals surface area contributed by atoms with Crippen molar-refractivity contribution in [2.45, 2.75) is 31.2 Å². The molecule has 1 aliphatic carbocycles. The molecule has 0 aliphatic heterocycles. The number of nitrogens with zero attached hydrogens (tertiary/aromatic N) is 3. The van der Waals surface area contributed by atoms with Gasteiger partial charge in [-0.3, -0.25) is 0 Å². The van der Waals surface area contributed by atoms with Gasteiger partial charge in [-0.2, -0.15) is 13.2 Å². The number of alkyl halides is 3. The van der Waals surface area contributed by atoms with Crippen molar-refractivity contribution in [2.24, 2.45) is 0 Å². The maximum atomic E-state index is 12.6. The molecule has 0 spiro atoms. The summed E-state index contributed by atoms with van der Waals surface area (Å²) in [5.74, 6) is -0.0418. The average Bonchev–Trinajstić information content (AvgIpc) is 2.78. The summed E-state index contributed by atoms with van der Waals surface area (Å²) < 4.78 is 38.8. The van der Waals surface area contributed by atoms with Crippen molar-refractivity contribution in [3.63, 3.8) is 0 Å². The van der Waals surface area contributed by atoms with E-state index in [1.165, 1.54) is 0 Å². The van der Waals surface area contributed by atoms with Gasteiger partial charge in [0.25, 0.3) is 0 Å². The Morgan fingerprint density at radius 2 is 2.14 bits per heavy atom. The molecule has 0 unspecified atom stereocenters. The van der Waals surface area contributed by atoms with Gasteiger partial charge in [0.2, 0.25) is 0 Å². The Hall–Kier alpha value is -1.11. The first kappa shape index (κ1) is 9.45. The molecular formula is C7H8F3N3O. The third-order valence-corrected chi connectivity index (χ3v) is 2.47. The van der Waals surface area contributed by atoms with Gasteiger partial charge in [-0.15, -0.1) is 10.2 Å². The summed E-state index contributed by atoms with van der Waals surface area (Å²) in [6, 6.07) is 0. The quantitative estimate of drug-likeness (QED) is 0.781. The molecule has 0 amide bonds. The molecule has 0 atom stereocenters. The highest BCUT2D eigenvalue weighted by Crippen LogP contribution is 2.55. The molecule has 1 heterocycles. The zero-order chi connectivity index (χ0) is 10.4. The van der Waals surface area contributed by atoms with Gasteiger partial charge in [0.1, 0.15) is 18.5 Å². The molecule has 1 aromatic rings. The third kappa shape index (κ3) is 1.12. The lowest BCUT2D eigenvalue weighted by Crippen LogP contribution is -2.35. The summed E-state index contributed by atoms with van der Waals surface area (Å²) in [4.78, 5) is 0. The number of halogens is 3. The SMILES string of the molecule is OCc1nncn1C1(C(F)(F)F)CC1. The maximum Gasteiger partial charge on any atom is 0.412 e. The zero-order valence-corrected chi connectivity index (χ0v) is 7.12. The van der Waals surface area contributed by atoms with Crippen LogP contribution >= 0.6 is 0 Å². The molecule has 2 rings (SSSR count). The predicted octanol–water partition coefficient (Wildman–Crippen LogP) is 0.822. The van der Waals surface area contributed by atoms with Crippen molar-refractivity contribution >= 4 is 0 Å². The van der Waals surface area contributed by atoms with E-state index in [1.807, 2.05) is 0 Å². The van der Waals surface area contributed by atoms with E-state index in [-0.39, 0.29) is 18.7 Å². The Labute approximate surface area is 77.4 Å². The second-order valence-corrected chi connectivity index (χ2v) is 3.30. The van der Waals surface area contributed by atoms with Crippen LogP contribution < -0.4 is 0 Å². The van der Waals surface area contributed by atoms with Gasteiger partial charge in [-0.25, -0.2) is 0 Å². The van der Waals surface area contributed by atoms with E-state index in [2.05, 4.69) is 10.2 Å². The molecule has 78 valence electrons. The van der Waals surface area contributed by atoms with Gasteiger partial charge in [0.05, 0.1) is 0 Å². The van der Waals surface area contributed by atoms with Crippen LogP contribution in [-0.2, 0) is 12.1 Å². The van der Waals surface area contributed by atoms with E-state index in [4.69, 9.17) is 5.11 Å². The van der Waals surface area contributed by atoms with Crippen LogP contribution in [0.2, 0.25) is 0 Å². The lowest BCUT2D eigenvalue weighted by molar-refractivity contribution is -0.180. The second kappa shape index (κ2) is 2.69. The molecule has 0 bridgehead atoms. The average molecular weight is 207 g/mol. The summed E-state index contributed by atoms with van der Waals surface area (Å²) in [5, 5.41) is 15.6. The monoisotopic (exact) mass is 207 g/mol. The van der Waals surface area contributed by atoms with Crippen molar-refractivity contribution in [1.82, 2.24) is 14.8 Å². The van der Waals surface area contributed by atoms with Crippen LogP contribution in [0.5, 0.6) is 0 Å². The Morgan fingerprint density at radius 1 is 1.50 bits per heavy atom. The summed E-state index contributed by atoms with van der Waals surface area (Å²) >= 11 is 0. The molecule has 7 heteroatoms. The van der Waals surface area contributed by atoms with E-state index in [1.54, 1.807) is 0 Å². The molecule has 1 fully saturated rings. The fourth-order valence-corrected chi connectivity index (χ4v) is 1.50. The predicted molar refractivity (Wildman–Crippen MR) is 39.2 cm³/mol. The topological polar surface area (TPSA) is 50.9 Å². The Bertz CT molecular complexity index is 342. The van der Waals surface area contributed by atoms with Crippen molar-refractivity contribution in [3.05, 3.63) is 12.2 Å². The van der Waals surface area contributed by atoms with E-state index in [0.717, 1.165) is 10.9 Å². The van der Waals surface area contributed by atoms with Crippen molar-refractivity contribution in [2.75, 3.05) is 0 Å². The second-order valence-electron chi connectivity index (χ2n) is 3.30. The van der Waals surface area contributed by atoms with Crippen LogP contribution in [0, 0.1) is 0 Å². The minimum atomic E-state index is -4.31. The van der Waals surface area contributed by atoms with Gasteiger partial charge in [-0.1, -0.05) is 0 Å².